The van der Waals surface area contributed by atoms with Crippen LogP contribution in [0.25, 0.3) is 5.69 Å². The second-order valence-corrected chi connectivity index (χ2v) is 9.39. The normalized spacial score (nSPS) is 15.2. The Bertz CT molecular complexity index is 1250. The van der Waals surface area contributed by atoms with Crippen molar-refractivity contribution in [3.05, 3.63) is 53.4 Å². The Morgan fingerprint density at radius 1 is 1.25 bits per heavy atom. The van der Waals surface area contributed by atoms with Crippen LogP contribution in [-0.2, 0) is 16.8 Å². The lowest BCUT2D eigenvalue weighted by atomic mass is 9.92. The number of aryl methyl sites for hydroxylation is 1. The summed E-state index contributed by atoms with van der Waals surface area (Å²) >= 11 is 0. The zero-order valence-electron chi connectivity index (χ0n) is 20.1. The van der Waals surface area contributed by atoms with Crippen LogP contribution in [-0.4, -0.2) is 48.9 Å². The molecule has 0 radical (unpaired) electrons. The average molecular weight is 505 g/mol. The molecule has 4 rings (SSSR count). The first-order valence-electron chi connectivity index (χ1n) is 11.5. The van der Waals surface area contributed by atoms with E-state index in [0.29, 0.717) is 31.4 Å². The maximum atomic E-state index is 13.2. The summed E-state index contributed by atoms with van der Waals surface area (Å²) in [6.45, 7) is 3.76. The summed E-state index contributed by atoms with van der Waals surface area (Å²) in [6, 6.07) is 5.55. The van der Waals surface area contributed by atoms with E-state index < -0.39 is 23.3 Å². The highest BCUT2D eigenvalue weighted by Gasteiger charge is 2.51. The minimum atomic E-state index is -4.51. The molecule has 0 unspecified atom stereocenters. The van der Waals surface area contributed by atoms with Crippen LogP contribution in [0.5, 0.6) is 5.75 Å². The van der Waals surface area contributed by atoms with Crippen LogP contribution in [0, 0.1) is 6.92 Å². The number of Topliss-reactive ketones (excluding diaryl/α,β-unsaturated/α-hetero) is 1. The first kappa shape index (κ1) is 25.4. The number of halogens is 3. The highest BCUT2D eigenvalue weighted by molar-refractivity contribution is 5.93. The van der Waals surface area contributed by atoms with Gasteiger partial charge < -0.3 is 10.1 Å². The van der Waals surface area contributed by atoms with Crippen LogP contribution >= 0.6 is 0 Å². The number of hydrogen-bond acceptors (Lipinski definition) is 6. The molecule has 2 N–H and O–H groups in total. The Labute approximate surface area is 205 Å². The van der Waals surface area contributed by atoms with Crippen molar-refractivity contribution in [2.75, 3.05) is 0 Å². The number of carbonyl (C=O) groups is 2. The van der Waals surface area contributed by atoms with E-state index in [1.54, 1.807) is 10.9 Å². The van der Waals surface area contributed by atoms with Gasteiger partial charge in [-0.3, -0.25) is 14.7 Å². The van der Waals surface area contributed by atoms with Gasteiger partial charge in [-0.25, -0.2) is 9.67 Å². The molecular formula is C24H27F3N6O3. The highest BCUT2D eigenvalue weighted by atomic mass is 19.4. The summed E-state index contributed by atoms with van der Waals surface area (Å²) in [5.41, 5.74) is -0.303. The Morgan fingerprint density at radius 3 is 2.64 bits per heavy atom. The van der Waals surface area contributed by atoms with Crippen LogP contribution in [0.3, 0.4) is 0 Å². The lowest BCUT2D eigenvalue weighted by Crippen LogP contribution is -2.37. The Hall–Kier alpha value is -3.70. The van der Waals surface area contributed by atoms with Crippen molar-refractivity contribution in [1.82, 2.24) is 30.3 Å². The predicted molar refractivity (Wildman–Crippen MR) is 123 cm³/mol. The fourth-order valence-electron chi connectivity index (χ4n) is 3.80. The number of H-pyrrole nitrogens is 1. The van der Waals surface area contributed by atoms with Gasteiger partial charge in [0, 0.05) is 19.0 Å². The van der Waals surface area contributed by atoms with Gasteiger partial charge in [0.15, 0.2) is 5.82 Å². The van der Waals surface area contributed by atoms with Crippen molar-refractivity contribution in [3.8, 4) is 11.4 Å². The topological polar surface area (TPSA) is 115 Å². The molecule has 1 aliphatic carbocycles. The molecule has 1 saturated carbocycles. The molecule has 9 nitrogen and oxygen atoms in total. The molecule has 12 heteroatoms. The van der Waals surface area contributed by atoms with E-state index in [1.807, 2.05) is 25.1 Å². The molecular weight excluding hydrogens is 477 g/mol. The number of aromatic amines is 1. The Balaban J connectivity index is 1.37. The van der Waals surface area contributed by atoms with Crippen LogP contribution in [0.1, 0.15) is 67.1 Å². The molecule has 1 aliphatic rings. The molecule has 0 bridgehead atoms. The fraction of sp³-hybridized carbons (Fsp3) is 0.458. The van der Waals surface area contributed by atoms with E-state index >= 15 is 0 Å². The van der Waals surface area contributed by atoms with Gasteiger partial charge in [-0.15, -0.1) is 0 Å². The van der Waals surface area contributed by atoms with Gasteiger partial charge >= 0.3 is 6.18 Å². The first-order chi connectivity index (χ1) is 16.9. The van der Waals surface area contributed by atoms with Crippen molar-refractivity contribution >= 4 is 11.7 Å². The molecule has 1 aromatic carbocycles. The fourth-order valence-corrected chi connectivity index (χ4v) is 3.80. The average Bonchev–Trinajstić information content (AvgIpc) is 3.49. The summed E-state index contributed by atoms with van der Waals surface area (Å²) in [5, 5.41) is 13.0. The number of carbonyl (C=O) groups excluding carboxylic acids is 2. The molecule has 2 aromatic heterocycles. The summed E-state index contributed by atoms with van der Waals surface area (Å²) in [6.07, 6.45) is 0.988. The quantitative estimate of drug-likeness (QED) is 0.503. The number of aromatic nitrogens is 5. The van der Waals surface area contributed by atoms with Crippen LogP contribution in [0.2, 0.25) is 0 Å². The van der Waals surface area contributed by atoms with Gasteiger partial charge in [-0.2, -0.15) is 23.4 Å². The lowest BCUT2D eigenvalue weighted by molar-refractivity contribution is -0.182. The molecule has 0 saturated heterocycles. The first-order valence-corrected chi connectivity index (χ1v) is 11.5. The largest absolute Gasteiger partial charge is 0.490 e. The standard InChI is InChI=1S/C24H27F3N6O3/c1-14-10-18(36-17-6-4-16(34)5-7-17)8-9-19(14)33-13-15(11-29-33)21(35)28-12-20-30-22(32-31-20)23(2,3)24(25,26)27/h8-11,13,17H,4-7,12H2,1-3H3,(H,28,35)(H,30,31,32). The van der Waals surface area contributed by atoms with E-state index in [0.717, 1.165) is 25.1 Å². The summed E-state index contributed by atoms with van der Waals surface area (Å²) < 4.78 is 47.1. The van der Waals surface area contributed by atoms with E-state index in [1.165, 1.54) is 6.20 Å². The third kappa shape index (κ3) is 5.42. The minimum Gasteiger partial charge on any atom is -0.490 e. The number of benzene rings is 1. The summed E-state index contributed by atoms with van der Waals surface area (Å²) in [4.78, 5) is 27.9. The number of rotatable bonds is 7. The number of amides is 1. The molecule has 0 spiro atoms. The van der Waals surface area contributed by atoms with E-state index in [4.69, 9.17) is 4.74 Å². The second-order valence-electron chi connectivity index (χ2n) is 9.39. The number of alkyl halides is 3. The van der Waals surface area contributed by atoms with Crippen LogP contribution in [0.4, 0.5) is 13.2 Å². The number of ketones is 1. The third-order valence-corrected chi connectivity index (χ3v) is 6.27. The van der Waals surface area contributed by atoms with Gasteiger partial charge in [0.1, 0.15) is 22.8 Å². The highest BCUT2D eigenvalue weighted by Crippen LogP contribution is 2.38. The Morgan fingerprint density at radius 2 is 1.97 bits per heavy atom. The Kier molecular flexibility index (Phi) is 6.87. The predicted octanol–water partition coefficient (Wildman–Crippen LogP) is 3.96. The molecule has 2 heterocycles. The van der Waals surface area contributed by atoms with Gasteiger partial charge in [-0.05, 0) is 57.4 Å². The van der Waals surface area contributed by atoms with E-state index in [9.17, 15) is 22.8 Å². The van der Waals surface area contributed by atoms with Crippen LogP contribution in [0.15, 0.2) is 30.6 Å². The molecule has 0 atom stereocenters. The van der Waals surface area contributed by atoms with Crippen molar-refractivity contribution in [3.63, 3.8) is 0 Å². The van der Waals surface area contributed by atoms with Gasteiger partial charge in [0.05, 0.1) is 30.1 Å². The maximum absolute atomic E-state index is 13.2. The number of hydrogen-bond donors (Lipinski definition) is 2. The summed E-state index contributed by atoms with van der Waals surface area (Å²) in [7, 11) is 0. The molecule has 3 aromatic rings. The van der Waals surface area contributed by atoms with Gasteiger partial charge in [0.2, 0.25) is 0 Å². The zero-order chi connectivity index (χ0) is 26.1. The zero-order valence-corrected chi connectivity index (χ0v) is 20.1. The molecule has 1 amide bonds. The summed E-state index contributed by atoms with van der Waals surface area (Å²) in [5.74, 6) is 0.235. The van der Waals surface area contributed by atoms with Crippen molar-refractivity contribution in [1.29, 1.82) is 0 Å². The molecule has 1 fully saturated rings. The van der Waals surface area contributed by atoms with Gasteiger partial charge in [0.25, 0.3) is 5.91 Å². The van der Waals surface area contributed by atoms with Crippen molar-refractivity contribution in [2.45, 2.75) is 70.7 Å². The monoisotopic (exact) mass is 504 g/mol. The van der Waals surface area contributed by atoms with Gasteiger partial charge in [-0.1, -0.05) is 0 Å². The SMILES string of the molecule is Cc1cc(OC2CCC(=O)CC2)ccc1-n1cc(C(=O)NCc2nc(C(C)(C)C(F)(F)F)n[nH]2)cn1. The molecule has 0 aliphatic heterocycles. The number of nitrogens with zero attached hydrogens (tertiary/aromatic N) is 4. The van der Waals surface area contributed by atoms with Crippen molar-refractivity contribution in [2.24, 2.45) is 0 Å². The number of ether oxygens (including phenoxy) is 1. The molecule has 192 valence electrons. The van der Waals surface area contributed by atoms with E-state index in [-0.39, 0.29) is 29.8 Å². The van der Waals surface area contributed by atoms with Crippen molar-refractivity contribution < 1.29 is 27.5 Å². The smallest absolute Gasteiger partial charge is 0.401 e. The minimum absolute atomic E-state index is 0.0212. The second kappa shape index (κ2) is 9.75. The molecule has 36 heavy (non-hydrogen) atoms. The third-order valence-electron chi connectivity index (χ3n) is 6.27. The van der Waals surface area contributed by atoms with E-state index in [2.05, 4.69) is 25.6 Å². The van der Waals surface area contributed by atoms with Crippen LogP contribution < -0.4 is 10.1 Å². The lowest BCUT2D eigenvalue weighted by Gasteiger charge is -2.24. The number of nitrogens with one attached hydrogen (secondary N) is 2. The maximum Gasteiger partial charge on any atom is 0.401 e.